The summed E-state index contributed by atoms with van der Waals surface area (Å²) in [5, 5.41) is 3.40. The van der Waals surface area contributed by atoms with E-state index in [4.69, 9.17) is 9.15 Å². The summed E-state index contributed by atoms with van der Waals surface area (Å²) in [5.41, 5.74) is 0. The second-order valence-corrected chi connectivity index (χ2v) is 4.80. The Morgan fingerprint density at radius 2 is 2.47 bits per heavy atom. The smallest absolute Gasteiger partial charge is 0.131 e. The molecule has 0 spiro atoms. The molecule has 4 heteroatoms. The number of hydrogen-bond donors (Lipinski definition) is 1. The van der Waals surface area contributed by atoms with Crippen LogP contribution in [0.2, 0.25) is 0 Å². The van der Waals surface area contributed by atoms with E-state index in [1.165, 1.54) is 0 Å². The molecule has 2 unspecified atom stereocenters. The van der Waals surface area contributed by atoms with Crippen LogP contribution in [0.15, 0.2) is 21.2 Å². The Balaban J connectivity index is 1.73. The van der Waals surface area contributed by atoms with Crippen LogP contribution in [0.1, 0.15) is 19.1 Å². The zero-order valence-electron chi connectivity index (χ0n) is 8.83. The molecule has 0 bridgehead atoms. The van der Waals surface area contributed by atoms with Gasteiger partial charge in [0.15, 0.2) is 0 Å². The molecule has 2 heterocycles. The van der Waals surface area contributed by atoms with Crippen LogP contribution in [-0.4, -0.2) is 19.3 Å². The molecule has 3 nitrogen and oxygen atoms in total. The van der Waals surface area contributed by atoms with Gasteiger partial charge in [0, 0.05) is 13.2 Å². The first-order valence-corrected chi connectivity index (χ1v) is 6.11. The lowest BCUT2D eigenvalue weighted by atomic mass is 10.0. The van der Waals surface area contributed by atoms with Crippen molar-refractivity contribution in [3.8, 4) is 0 Å². The monoisotopic (exact) mass is 273 g/mol. The van der Waals surface area contributed by atoms with E-state index in [-0.39, 0.29) is 0 Å². The first-order chi connectivity index (χ1) is 7.27. The van der Waals surface area contributed by atoms with E-state index in [0.717, 1.165) is 36.4 Å². The lowest BCUT2D eigenvalue weighted by Crippen LogP contribution is -2.26. The van der Waals surface area contributed by atoms with Crippen LogP contribution >= 0.6 is 15.9 Å². The molecule has 84 valence electrons. The summed E-state index contributed by atoms with van der Waals surface area (Å²) in [6.45, 7) is 4.81. The third-order valence-corrected chi connectivity index (χ3v) is 3.62. The van der Waals surface area contributed by atoms with E-state index in [2.05, 4.69) is 28.2 Å². The molecule has 1 aromatic rings. The van der Waals surface area contributed by atoms with Crippen LogP contribution in [0.3, 0.4) is 0 Å². The number of ether oxygens (including phenoxy) is 1. The minimum Gasteiger partial charge on any atom is -0.467 e. The van der Waals surface area contributed by atoms with Gasteiger partial charge in [-0.05, 0) is 41.3 Å². The van der Waals surface area contributed by atoms with Gasteiger partial charge in [0.2, 0.25) is 0 Å². The highest BCUT2D eigenvalue weighted by Gasteiger charge is 2.23. The second-order valence-electron chi connectivity index (χ2n) is 3.95. The fourth-order valence-electron chi connectivity index (χ4n) is 1.87. The van der Waals surface area contributed by atoms with Crippen molar-refractivity contribution in [2.75, 3.05) is 13.2 Å². The van der Waals surface area contributed by atoms with Gasteiger partial charge < -0.3 is 14.5 Å². The first kappa shape index (κ1) is 11.2. The van der Waals surface area contributed by atoms with Gasteiger partial charge in [0.05, 0.1) is 23.4 Å². The largest absolute Gasteiger partial charge is 0.467 e. The average molecular weight is 274 g/mol. The predicted octanol–water partition coefficient (Wildman–Crippen LogP) is 2.56. The number of furan rings is 1. The fourth-order valence-corrected chi connectivity index (χ4v) is 2.21. The van der Waals surface area contributed by atoms with Crippen molar-refractivity contribution in [2.24, 2.45) is 5.92 Å². The molecule has 0 amide bonds. The Hall–Kier alpha value is -0.320. The summed E-state index contributed by atoms with van der Waals surface area (Å²) in [4.78, 5) is 0. The molecule has 1 fully saturated rings. The van der Waals surface area contributed by atoms with Gasteiger partial charge in [0.1, 0.15) is 5.76 Å². The van der Waals surface area contributed by atoms with Crippen molar-refractivity contribution in [1.29, 1.82) is 0 Å². The SMILES string of the molecule is CC1OCCC1CNCc1occc1Br. The molecule has 0 aromatic carbocycles. The highest BCUT2D eigenvalue weighted by molar-refractivity contribution is 9.10. The van der Waals surface area contributed by atoms with Crippen molar-refractivity contribution in [1.82, 2.24) is 5.32 Å². The molecule has 1 N–H and O–H groups in total. The maximum atomic E-state index is 5.50. The minimum absolute atomic E-state index is 0.387. The Morgan fingerprint density at radius 1 is 1.60 bits per heavy atom. The highest BCUT2D eigenvalue weighted by atomic mass is 79.9. The zero-order valence-corrected chi connectivity index (χ0v) is 10.4. The van der Waals surface area contributed by atoms with Gasteiger partial charge in [-0.2, -0.15) is 0 Å². The van der Waals surface area contributed by atoms with Gasteiger partial charge in [-0.25, -0.2) is 0 Å². The third kappa shape index (κ3) is 2.83. The molecule has 1 aromatic heterocycles. The minimum atomic E-state index is 0.387. The number of halogens is 1. The van der Waals surface area contributed by atoms with Crippen LogP contribution in [0.25, 0.3) is 0 Å². The standard InChI is InChI=1S/C11H16BrNO2/c1-8-9(2-4-14-8)6-13-7-11-10(12)3-5-15-11/h3,5,8-9,13H,2,4,6-7H2,1H3. The molecular formula is C11H16BrNO2. The van der Waals surface area contributed by atoms with E-state index < -0.39 is 0 Å². The maximum Gasteiger partial charge on any atom is 0.131 e. The van der Waals surface area contributed by atoms with Crippen molar-refractivity contribution < 1.29 is 9.15 Å². The van der Waals surface area contributed by atoms with Crippen molar-refractivity contribution in [3.63, 3.8) is 0 Å². The van der Waals surface area contributed by atoms with Gasteiger partial charge in [-0.15, -0.1) is 0 Å². The van der Waals surface area contributed by atoms with Gasteiger partial charge >= 0.3 is 0 Å². The fraction of sp³-hybridized carbons (Fsp3) is 0.636. The molecule has 1 saturated heterocycles. The van der Waals surface area contributed by atoms with E-state index in [1.807, 2.05) is 6.07 Å². The Bertz CT molecular complexity index is 313. The molecule has 2 rings (SSSR count). The summed E-state index contributed by atoms with van der Waals surface area (Å²) in [5.74, 6) is 1.60. The van der Waals surface area contributed by atoms with E-state index in [0.29, 0.717) is 12.0 Å². The second kappa shape index (κ2) is 5.14. The predicted molar refractivity (Wildman–Crippen MR) is 61.6 cm³/mol. The molecule has 1 aliphatic rings. The molecule has 15 heavy (non-hydrogen) atoms. The number of hydrogen-bond acceptors (Lipinski definition) is 3. The number of nitrogens with one attached hydrogen (secondary N) is 1. The van der Waals surface area contributed by atoms with E-state index >= 15 is 0 Å². The summed E-state index contributed by atoms with van der Waals surface area (Å²) in [7, 11) is 0. The molecule has 1 aliphatic heterocycles. The van der Waals surface area contributed by atoms with Gasteiger partial charge in [0.25, 0.3) is 0 Å². The van der Waals surface area contributed by atoms with Crippen LogP contribution in [-0.2, 0) is 11.3 Å². The quantitative estimate of drug-likeness (QED) is 0.916. The average Bonchev–Trinajstić information content (AvgIpc) is 2.78. The Morgan fingerprint density at radius 3 is 3.07 bits per heavy atom. The highest BCUT2D eigenvalue weighted by Crippen LogP contribution is 2.20. The van der Waals surface area contributed by atoms with Crippen LogP contribution in [0.4, 0.5) is 0 Å². The third-order valence-electron chi connectivity index (χ3n) is 2.92. The number of rotatable bonds is 4. The lowest BCUT2D eigenvalue weighted by Gasteiger charge is -2.14. The van der Waals surface area contributed by atoms with E-state index in [1.54, 1.807) is 6.26 Å². The van der Waals surface area contributed by atoms with Crippen molar-refractivity contribution in [3.05, 3.63) is 22.6 Å². The van der Waals surface area contributed by atoms with Gasteiger partial charge in [-0.1, -0.05) is 0 Å². The summed E-state index contributed by atoms with van der Waals surface area (Å²) in [6, 6.07) is 1.91. The normalized spacial score (nSPS) is 26.0. The van der Waals surface area contributed by atoms with Gasteiger partial charge in [-0.3, -0.25) is 0 Å². The Kier molecular flexibility index (Phi) is 3.83. The van der Waals surface area contributed by atoms with Crippen molar-refractivity contribution in [2.45, 2.75) is 26.0 Å². The molecule has 0 aliphatic carbocycles. The lowest BCUT2D eigenvalue weighted by molar-refractivity contribution is 0.105. The van der Waals surface area contributed by atoms with E-state index in [9.17, 15) is 0 Å². The maximum absolute atomic E-state index is 5.50. The molecule has 0 saturated carbocycles. The van der Waals surface area contributed by atoms with Crippen LogP contribution in [0, 0.1) is 5.92 Å². The summed E-state index contributed by atoms with van der Waals surface area (Å²) < 4.78 is 11.9. The molecular weight excluding hydrogens is 258 g/mol. The van der Waals surface area contributed by atoms with Crippen molar-refractivity contribution >= 4 is 15.9 Å². The first-order valence-electron chi connectivity index (χ1n) is 5.31. The topological polar surface area (TPSA) is 34.4 Å². The van der Waals surface area contributed by atoms with Crippen LogP contribution < -0.4 is 5.32 Å². The molecule has 0 radical (unpaired) electrons. The molecule has 2 atom stereocenters. The summed E-state index contributed by atoms with van der Waals surface area (Å²) >= 11 is 3.43. The Labute approximate surface area is 98.3 Å². The zero-order chi connectivity index (χ0) is 10.7. The summed E-state index contributed by atoms with van der Waals surface area (Å²) in [6.07, 6.45) is 3.24. The van der Waals surface area contributed by atoms with Crippen LogP contribution in [0.5, 0.6) is 0 Å².